The summed E-state index contributed by atoms with van der Waals surface area (Å²) in [7, 11) is 0. The normalized spacial score (nSPS) is 26.7. The first kappa shape index (κ1) is 19.1. The second kappa shape index (κ2) is 7.77. The van der Waals surface area contributed by atoms with Crippen molar-refractivity contribution in [1.29, 1.82) is 0 Å². The molecular weight excluding hydrogens is 380 g/mol. The highest BCUT2D eigenvalue weighted by Gasteiger charge is 2.41. The molecule has 3 atom stereocenters. The van der Waals surface area contributed by atoms with Crippen molar-refractivity contribution in [3.63, 3.8) is 0 Å². The summed E-state index contributed by atoms with van der Waals surface area (Å²) in [5.41, 5.74) is 6.60. The summed E-state index contributed by atoms with van der Waals surface area (Å²) >= 11 is 17.9. The Balaban J connectivity index is 0.00000192. The van der Waals surface area contributed by atoms with Crippen LogP contribution >= 0.6 is 47.2 Å². The van der Waals surface area contributed by atoms with E-state index in [9.17, 15) is 4.79 Å². The highest BCUT2D eigenvalue weighted by molar-refractivity contribution is 6.44. The van der Waals surface area contributed by atoms with Gasteiger partial charge in [0, 0.05) is 19.1 Å². The molecule has 1 aromatic rings. The largest absolute Gasteiger partial charge is 0.327 e. The fourth-order valence-electron chi connectivity index (χ4n) is 3.54. The Hall–Kier alpha value is -0.230. The smallest absolute Gasteiger partial charge is 0.238 e. The van der Waals surface area contributed by atoms with Crippen LogP contribution in [0.2, 0.25) is 15.1 Å². The number of hydrogen-bond acceptors (Lipinski definition) is 3. The molecule has 0 aromatic heterocycles. The van der Waals surface area contributed by atoms with Gasteiger partial charge in [0.1, 0.15) is 0 Å². The minimum absolute atomic E-state index is 0. The number of fused-ring (bicyclic) bond motifs is 1. The Labute approximate surface area is 157 Å². The number of carbonyl (C=O) groups excluding carboxylic acids is 1. The molecule has 1 aliphatic heterocycles. The summed E-state index contributed by atoms with van der Waals surface area (Å²) in [5, 5.41) is 3.90. The lowest BCUT2D eigenvalue weighted by Crippen LogP contribution is -2.34. The Kier molecular flexibility index (Phi) is 6.45. The monoisotopic (exact) mass is 397 g/mol. The summed E-state index contributed by atoms with van der Waals surface area (Å²) in [5.74, 6) is 1.06. The van der Waals surface area contributed by atoms with E-state index in [0.29, 0.717) is 39.1 Å². The van der Waals surface area contributed by atoms with Crippen LogP contribution in [0.3, 0.4) is 0 Å². The van der Waals surface area contributed by atoms with E-state index in [1.54, 1.807) is 6.07 Å². The molecule has 8 heteroatoms. The van der Waals surface area contributed by atoms with Crippen molar-refractivity contribution in [1.82, 2.24) is 4.90 Å². The molecule has 128 valence electrons. The van der Waals surface area contributed by atoms with Gasteiger partial charge < -0.3 is 11.1 Å². The highest BCUT2D eigenvalue weighted by atomic mass is 35.5. The molecule has 1 aromatic carbocycles. The van der Waals surface area contributed by atoms with Gasteiger partial charge >= 0.3 is 0 Å². The molecular formula is C15H19Cl4N3O. The van der Waals surface area contributed by atoms with Crippen molar-refractivity contribution in [2.24, 2.45) is 17.6 Å². The number of nitrogens with two attached hydrogens (primary N) is 1. The van der Waals surface area contributed by atoms with Crippen LogP contribution in [0.5, 0.6) is 0 Å². The van der Waals surface area contributed by atoms with E-state index in [1.807, 2.05) is 0 Å². The maximum absolute atomic E-state index is 12.2. The van der Waals surface area contributed by atoms with E-state index in [4.69, 9.17) is 40.5 Å². The molecule has 1 saturated carbocycles. The summed E-state index contributed by atoms with van der Waals surface area (Å²) in [4.78, 5) is 14.4. The topological polar surface area (TPSA) is 58.4 Å². The van der Waals surface area contributed by atoms with Gasteiger partial charge in [-0.1, -0.05) is 34.8 Å². The summed E-state index contributed by atoms with van der Waals surface area (Å²) in [6, 6.07) is 3.38. The van der Waals surface area contributed by atoms with Crippen molar-refractivity contribution in [3.05, 3.63) is 27.2 Å². The van der Waals surface area contributed by atoms with E-state index in [1.165, 1.54) is 12.5 Å². The molecule has 1 amide bonds. The zero-order chi connectivity index (χ0) is 15.9. The number of amides is 1. The maximum atomic E-state index is 12.2. The number of hydrogen-bond donors (Lipinski definition) is 2. The zero-order valence-electron chi connectivity index (χ0n) is 12.4. The Morgan fingerprint density at radius 1 is 1.17 bits per heavy atom. The third-order valence-corrected chi connectivity index (χ3v) is 5.67. The van der Waals surface area contributed by atoms with Gasteiger partial charge in [0.2, 0.25) is 5.91 Å². The minimum atomic E-state index is -0.103. The first-order valence-corrected chi connectivity index (χ1v) is 8.49. The molecule has 4 nitrogen and oxygen atoms in total. The number of carbonyl (C=O) groups is 1. The summed E-state index contributed by atoms with van der Waals surface area (Å²) in [6.07, 6.45) is 2.27. The van der Waals surface area contributed by atoms with Crippen LogP contribution in [0.25, 0.3) is 0 Å². The molecule has 0 bridgehead atoms. The second-order valence-corrected chi connectivity index (χ2v) is 7.38. The van der Waals surface area contributed by atoms with Crippen molar-refractivity contribution in [2.45, 2.75) is 18.9 Å². The third-order valence-electron chi connectivity index (χ3n) is 4.64. The Bertz CT molecular complexity index is 598. The number of benzene rings is 1. The quantitative estimate of drug-likeness (QED) is 0.763. The molecule has 1 aliphatic carbocycles. The predicted molar refractivity (Wildman–Crippen MR) is 98.0 cm³/mol. The Morgan fingerprint density at radius 2 is 1.87 bits per heavy atom. The van der Waals surface area contributed by atoms with Gasteiger partial charge in [-0.3, -0.25) is 9.69 Å². The van der Waals surface area contributed by atoms with Gasteiger partial charge in [0.05, 0.1) is 27.3 Å². The molecule has 3 N–H and O–H groups in total. The van der Waals surface area contributed by atoms with Crippen LogP contribution in [0.15, 0.2) is 12.1 Å². The molecule has 2 fully saturated rings. The number of halogens is 4. The van der Waals surface area contributed by atoms with Crippen LogP contribution in [-0.2, 0) is 4.79 Å². The number of anilines is 1. The average Bonchev–Trinajstić information content (AvgIpc) is 2.98. The molecule has 2 aliphatic rings. The lowest BCUT2D eigenvalue weighted by atomic mass is 9.98. The summed E-state index contributed by atoms with van der Waals surface area (Å²) < 4.78 is 0. The number of rotatable bonds is 3. The predicted octanol–water partition coefficient (Wildman–Crippen LogP) is 3.68. The number of nitrogens with one attached hydrogen (secondary N) is 1. The lowest BCUT2D eigenvalue weighted by molar-refractivity contribution is -0.117. The minimum Gasteiger partial charge on any atom is -0.327 e. The van der Waals surface area contributed by atoms with Gasteiger partial charge in [0.15, 0.2) is 0 Å². The SMILES string of the molecule is Cl.NC1CCC2CN(CC(=O)Nc3cc(Cl)c(Cl)cc3Cl)CC12. The fourth-order valence-corrected chi connectivity index (χ4v) is 4.13. The first-order valence-electron chi connectivity index (χ1n) is 7.36. The van der Waals surface area contributed by atoms with Crippen molar-refractivity contribution < 1.29 is 4.79 Å². The second-order valence-electron chi connectivity index (χ2n) is 6.15. The first-order chi connectivity index (χ1) is 10.4. The molecule has 1 saturated heterocycles. The fraction of sp³-hybridized carbons (Fsp3) is 0.533. The van der Waals surface area contributed by atoms with Crippen LogP contribution in [-0.4, -0.2) is 36.5 Å². The zero-order valence-corrected chi connectivity index (χ0v) is 15.5. The van der Waals surface area contributed by atoms with Gasteiger partial charge in [-0.25, -0.2) is 0 Å². The van der Waals surface area contributed by atoms with E-state index in [2.05, 4.69) is 10.2 Å². The highest BCUT2D eigenvalue weighted by Crippen LogP contribution is 2.37. The molecule has 1 heterocycles. The van der Waals surface area contributed by atoms with Gasteiger partial charge in [-0.15, -0.1) is 12.4 Å². The van der Waals surface area contributed by atoms with Crippen LogP contribution in [0, 0.1) is 11.8 Å². The van der Waals surface area contributed by atoms with Crippen LogP contribution in [0.1, 0.15) is 12.8 Å². The van der Waals surface area contributed by atoms with Gasteiger partial charge in [-0.05, 0) is 36.8 Å². The standard InChI is InChI=1S/C15H18Cl3N3O.ClH/c16-10-3-12(18)14(4-11(10)17)20-15(22)7-21-5-8-1-2-13(19)9(8)6-21;/h3-4,8-9,13H,1-2,5-7,19H2,(H,20,22);1H. The van der Waals surface area contributed by atoms with Gasteiger partial charge in [-0.2, -0.15) is 0 Å². The van der Waals surface area contributed by atoms with E-state index < -0.39 is 0 Å². The molecule has 0 radical (unpaired) electrons. The maximum Gasteiger partial charge on any atom is 0.238 e. The van der Waals surface area contributed by atoms with E-state index >= 15 is 0 Å². The Morgan fingerprint density at radius 3 is 2.57 bits per heavy atom. The van der Waals surface area contributed by atoms with Crippen molar-refractivity contribution in [3.8, 4) is 0 Å². The van der Waals surface area contributed by atoms with Crippen LogP contribution < -0.4 is 11.1 Å². The average molecular weight is 399 g/mol. The van der Waals surface area contributed by atoms with E-state index in [-0.39, 0.29) is 24.4 Å². The lowest BCUT2D eigenvalue weighted by Gasteiger charge is -2.18. The van der Waals surface area contributed by atoms with Crippen molar-refractivity contribution >= 4 is 58.8 Å². The number of likely N-dealkylation sites (tertiary alicyclic amines) is 1. The van der Waals surface area contributed by atoms with Crippen LogP contribution in [0.4, 0.5) is 5.69 Å². The molecule has 3 unspecified atom stereocenters. The molecule has 3 rings (SSSR count). The van der Waals surface area contributed by atoms with E-state index in [0.717, 1.165) is 19.5 Å². The van der Waals surface area contributed by atoms with Gasteiger partial charge in [0.25, 0.3) is 0 Å². The third kappa shape index (κ3) is 4.25. The molecule has 23 heavy (non-hydrogen) atoms. The van der Waals surface area contributed by atoms with Crippen molar-refractivity contribution in [2.75, 3.05) is 25.0 Å². The summed E-state index contributed by atoms with van der Waals surface area (Å²) in [6.45, 7) is 2.19. The number of nitrogens with zero attached hydrogens (tertiary/aromatic N) is 1. The molecule has 0 spiro atoms.